The fraction of sp³-hybridized carbons (Fsp3) is 0.143. The average Bonchev–Trinajstić information content (AvgIpc) is 3.19. The van der Waals surface area contributed by atoms with Crippen molar-refractivity contribution in [2.45, 2.75) is 13.1 Å². The summed E-state index contributed by atoms with van der Waals surface area (Å²) in [6.45, 7) is 0.890. The molecule has 1 aromatic heterocycles. The van der Waals surface area contributed by atoms with Gasteiger partial charge in [0.2, 0.25) is 6.79 Å². The van der Waals surface area contributed by atoms with E-state index >= 15 is 0 Å². The zero-order valence-corrected chi connectivity index (χ0v) is 14.9. The van der Waals surface area contributed by atoms with Gasteiger partial charge in [-0.05, 0) is 35.9 Å². The van der Waals surface area contributed by atoms with Crippen LogP contribution in [-0.2, 0) is 13.1 Å². The molecule has 0 saturated carbocycles. The van der Waals surface area contributed by atoms with Crippen molar-refractivity contribution in [3.8, 4) is 11.5 Å². The number of carbonyl (C=O) groups excluding carboxylic acids is 1. The molecule has 7 heteroatoms. The maximum atomic E-state index is 13.7. The largest absolute Gasteiger partial charge is 0.454 e. The molecular weight excluding hydrogens is 361 g/mol. The van der Waals surface area contributed by atoms with E-state index in [1.807, 2.05) is 18.2 Å². The third-order valence-corrected chi connectivity index (χ3v) is 4.32. The third kappa shape index (κ3) is 4.03. The average molecular weight is 379 g/mol. The number of anilines is 1. The van der Waals surface area contributed by atoms with Crippen molar-refractivity contribution >= 4 is 11.6 Å². The number of pyridine rings is 1. The minimum Gasteiger partial charge on any atom is -0.454 e. The Morgan fingerprint density at radius 1 is 1.04 bits per heavy atom. The molecule has 0 spiro atoms. The van der Waals surface area contributed by atoms with Crippen LogP contribution in [0.2, 0.25) is 0 Å². The van der Waals surface area contributed by atoms with Gasteiger partial charge in [0, 0.05) is 30.5 Å². The van der Waals surface area contributed by atoms with Crippen molar-refractivity contribution in [1.29, 1.82) is 0 Å². The number of benzene rings is 2. The second kappa shape index (κ2) is 7.96. The summed E-state index contributed by atoms with van der Waals surface area (Å²) < 4.78 is 24.3. The molecule has 0 radical (unpaired) electrons. The topological polar surface area (TPSA) is 72.5 Å². The number of halogens is 1. The maximum absolute atomic E-state index is 13.7. The molecule has 2 N–H and O–H groups in total. The highest BCUT2D eigenvalue weighted by atomic mass is 19.1. The number of nitrogens with one attached hydrogen (secondary N) is 2. The van der Waals surface area contributed by atoms with Gasteiger partial charge in [-0.3, -0.25) is 9.78 Å². The number of ether oxygens (including phenoxy) is 2. The number of nitrogens with zero attached hydrogens (tertiary/aromatic N) is 1. The van der Waals surface area contributed by atoms with Crippen LogP contribution in [0.1, 0.15) is 21.6 Å². The molecule has 4 rings (SSSR count). The van der Waals surface area contributed by atoms with Crippen LogP contribution >= 0.6 is 0 Å². The second-order valence-corrected chi connectivity index (χ2v) is 6.25. The molecule has 0 aliphatic carbocycles. The molecule has 0 unspecified atom stereocenters. The first kappa shape index (κ1) is 17.8. The van der Waals surface area contributed by atoms with E-state index in [0.29, 0.717) is 12.1 Å². The van der Waals surface area contributed by atoms with Crippen LogP contribution in [0.25, 0.3) is 0 Å². The molecule has 28 heavy (non-hydrogen) atoms. The number of hydrogen-bond donors (Lipinski definition) is 2. The first-order chi connectivity index (χ1) is 13.7. The van der Waals surface area contributed by atoms with Gasteiger partial charge in [-0.2, -0.15) is 0 Å². The van der Waals surface area contributed by atoms with Crippen molar-refractivity contribution in [1.82, 2.24) is 10.3 Å². The van der Waals surface area contributed by atoms with Gasteiger partial charge in [0.05, 0.1) is 0 Å². The lowest BCUT2D eigenvalue weighted by Gasteiger charge is -2.09. The van der Waals surface area contributed by atoms with E-state index in [1.165, 1.54) is 6.07 Å². The van der Waals surface area contributed by atoms with Crippen LogP contribution in [0.4, 0.5) is 10.1 Å². The van der Waals surface area contributed by atoms with Crippen molar-refractivity contribution in [3.05, 3.63) is 83.4 Å². The van der Waals surface area contributed by atoms with E-state index in [9.17, 15) is 9.18 Å². The minimum absolute atomic E-state index is 0.0992. The summed E-state index contributed by atoms with van der Waals surface area (Å²) in [5.74, 6) is 0.744. The summed E-state index contributed by atoms with van der Waals surface area (Å²) in [7, 11) is 0. The molecule has 3 aromatic rings. The number of fused-ring (bicyclic) bond motifs is 1. The monoisotopic (exact) mass is 379 g/mol. The summed E-state index contributed by atoms with van der Waals surface area (Å²) >= 11 is 0. The zero-order valence-electron chi connectivity index (χ0n) is 14.9. The van der Waals surface area contributed by atoms with Gasteiger partial charge in [0.15, 0.2) is 11.5 Å². The van der Waals surface area contributed by atoms with Crippen LogP contribution in [0.3, 0.4) is 0 Å². The van der Waals surface area contributed by atoms with Gasteiger partial charge in [-0.15, -0.1) is 0 Å². The summed E-state index contributed by atoms with van der Waals surface area (Å²) in [5, 5.41) is 5.94. The Morgan fingerprint density at radius 3 is 2.79 bits per heavy atom. The van der Waals surface area contributed by atoms with Gasteiger partial charge in [0.25, 0.3) is 5.91 Å². The number of hydrogen-bond acceptors (Lipinski definition) is 5. The normalized spacial score (nSPS) is 11.9. The van der Waals surface area contributed by atoms with Gasteiger partial charge < -0.3 is 20.1 Å². The molecule has 6 nitrogen and oxygen atoms in total. The summed E-state index contributed by atoms with van der Waals surface area (Å²) in [6.07, 6.45) is 1.56. The molecule has 0 atom stereocenters. The number of carbonyl (C=O) groups is 1. The molecule has 2 aromatic carbocycles. The molecule has 142 valence electrons. The molecule has 0 fully saturated rings. The Balaban J connectivity index is 1.37. The van der Waals surface area contributed by atoms with Crippen molar-refractivity contribution in [3.63, 3.8) is 0 Å². The SMILES string of the molecule is O=C(NCc1ccccc1F)c1cc(NCc2ccc3c(c2)OCO3)ccn1. The highest BCUT2D eigenvalue weighted by molar-refractivity contribution is 5.93. The number of amides is 1. The van der Waals surface area contributed by atoms with Crippen molar-refractivity contribution in [2.75, 3.05) is 12.1 Å². The van der Waals surface area contributed by atoms with Crippen LogP contribution in [0.5, 0.6) is 11.5 Å². The van der Waals surface area contributed by atoms with E-state index in [-0.39, 0.29) is 30.8 Å². The predicted octanol–water partition coefficient (Wildman–Crippen LogP) is 3.49. The quantitative estimate of drug-likeness (QED) is 0.686. The summed E-state index contributed by atoms with van der Waals surface area (Å²) in [4.78, 5) is 16.4. The summed E-state index contributed by atoms with van der Waals surface area (Å²) in [6, 6.07) is 15.5. The van der Waals surface area contributed by atoms with Crippen LogP contribution in [0, 0.1) is 5.82 Å². The lowest BCUT2D eigenvalue weighted by atomic mass is 10.2. The van der Waals surface area contributed by atoms with Gasteiger partial charge in [0.1, 0.15) is 11.5 Å². The van der Waals surface area contributed by atoms with Crippen LogP contribution < -0.4 is 20.1 Å². The third-order valence-electron chi connectivity index (χ3n) is 4.32. The summed E-state index contributed by atoms with van der Waals surface area (Å²) in [5.41, 5.74) is 2.45. The molecule has 0 bridgehead atoms. The minimum atomic E-state index is -0.366. The zero-order chi connectivity index (χ0) is 19.3. The fourth-order valence-corrected chi connectivity index (χ4v) is 2.83. The van der Waals surface area contributed by atoms with Gasteiger partial charge in [-0.1, -0.05) is 24.3 Å². The molecular formula is C21H18FN3O3. The van der Waals surface area contributed by atoms with Crippen molar-refractivity contribution < 1.29 is 18.7 Å². The number of aromatic nitrogens is 1. The Hall–Kier alpha value is -3.61. The highest BCUT2D eigenvalue weighted by Gasteiger charge is 2.13. The smallest absolute Gasteiger partial charge is 0.270 e. The molecule has 1 aliphatic heterocycles. The Morgan fingerprint density at radius 2 is 1.89 bits per heavy atom. The Labute approximate surface area is 161 Å². The lowest BCUT2D eigenvalue weighted by Crippen LogP contribution is -2.24. The molecule has 0 saturated heterocycles. The van der Waals surface area contributed by atoms with E-state index in [2.05, 4.69) is 15.6 Å². The standard InChI is InChI=1S/C21H18FN3O3/c22-17-4-2-1-3-15(17)12-25-21(26)18-10-16(7-8-23-18)24-11-14-5-6-19-20(9-14)28-13-27-19/h1-10H,11-13H2,(H,23,24)(H,25,26). The maximum Gasteiger partial charge on any atom is 0.270 e. The van der Waals surface area contributed by atoms with Gasteiger partial charge >= 0.3 is 0 Å². The lowest BCUT2D eigenvalue weighted by molar-refractivity contribution is 0.0945. The molecule has 1 aliphatic rings. The second-order valence-electron chi connectivity index (χ2n) is 6.25. The predicted molar refractivity (Wildman–Crippen MR) is 102 cm³/mol. The van der Waals surface area contributed by atoms with E-state index in [4.69, 9.17) is 9.47 Å². The van der Waals surface area contributed by atoms with Crippen LogP contribution in [-0.4, -0.2) is 17.7 Å². The molecule has 1 amide bonds. The first-order valence-corrected chi connectivity index (χ1v) is 8.79. The van der Waals surface area contributed by atoms with Crippen molar-refractivity contribution in [2.24, 2.45) is 0 Å². The van der Waals surface area contributed by atoms with E-state index in [0.717, 1.165) is 22.7 Å². The Bertz CT molecular complexity index is 1010. The Kier molecular flexibility index (Phi) is 5.05. The first-order valence-electron chi connectivity index (χ1n) is 8.79. The van der Waals surface area contributed by atoms with E-state index in [1.54, 1.807) is 36.5 Å². The number of rotatable bonds is 6. The van der Waals surface area contributed by atoms with Gasteiger partial charge in [-0.25, -0.2) is 4.39 Å². The highest BCUT2D eigenvalue weighted by Crippen LogP contribution is 2.32. The van der Waals surface area contributed by atoms with E-state index < -0.39 is 0 Å². The fourth-order valence-electron chi connectivity index (χ4n) is 2.83. The van der Waals surface area contributed by atoms with Crippen LogP contribution in [0.15, 0.2) is 60.8 Å². The molecule has 2 heterocycles.